The number of ether oxygens (including phenoxy) is 1. The van der Waals surface area contributed by atoms with Crippen LogP contribution in [0.25, 0.3) is 0 Å². The fraction of sp³-hybridized carbons (Fsp3) is 0.636. The molecule has 1 heterocycles. The maximum Gasteiger partial charge on any atom is 0.417 e. The Kier molecular flexibility index (Phi) is 6.13. The van der Waals surface area contributed by atoms with Crippen LogP contribution in [0.1, 0.15) is 50.0 Å². The Morgan fingerprint density at radius 3 is 2.45 bits per heavy atom. The topological polar surface area (TPSA) is 78.9 Å². The number of nitrogens with one attached hydrogen (secondary N) is 1. The van der Waals surface area contributed by atoms with E-state index in [9.17, 15) is 14.7 Å². The molecule has 1 amide bonds. The number of halogens is 1. The summed E-state index contributed by atoms with van der Waals surface area (Å²) in [6.45, 7) is 2.43. The van der Waals surface area contributed by atoms with Crippen molar-refractivity contribution in [1.29, 1.82) is 0 Å². The number of aliphatic hydroxyl groups is 1. The van der Waals surface area contributed by atoms with Gasteiger partial charge in [-0.2, -0.15) is 0 Å². The third kappa shape index (κ3) is 4.93. The number of hydrogen-bond donors (Lipinski definition) is 2. The summed E-state index contributed by atoms with van der Waals surface area (Å²) in [5.41, 5.74) is 0.0317. The van der Waals surface area contributed by atoms with Crippen molar-refractivity contribution in [3.8, 4) is 0 Å². The minimum atomic E-state index is -0.695. The molecule has 2 N–H and O–H groups in total. The van der Waals surface area contributed by atoms with E-state index in [1.807, 2.05) is 6.07 Å². The molecule has 1 unspecified atom stereocenters. The Balaban J connectivity index is 1.47. The minimum absolute atomic E-state index is 0.341. The van der Waals surface area contributed by atoms with Gasteiger partial charge in [0, 0.05) is 31.2 Å². The van der Waals surface area contributed by atoms with Gasteiger partial charge >= 0.3 is 12.1 Å². The zero-order chi connectivity index (χ0) is 20.4. The molecule has 1 aromatic carbocycles. The first-order chi connectivity index (χ1) is 14.0. The standard InChI is InChI=1S/C22H29ClN2O4/c23-18-3-1-2-15(14-18)19(8-9-22(28,16-4-5-16)17-6-7-17)20(26)29-21(27)25-12-10-24-11-13-25/h1-3,14,16-17,19,24,28H,4-13H2. The molecule has 7 heteroatoms. The summed E-state index contributed by atoms with van der Waals surface area (Å²) in [4.78, 5) is 27.0. The molecular weight excluding hydrogens is 392 g/mol. The average Bonchev–Trinajstić information content (AvgIpc) is 3.60. The Morgan fingerprint density at radius 1 is 1.21 bits per heavy atom. The highest BCUT2D eigenvalue weighted by Gasteiger charge is 2.53. The smallest absolute Gasteiger partial charge is 0.389 e. The monoisotopic (exact) mass is 420 g/mol. The van der Waals surface area contributed by atoms with Crippen molar-refractivity contribution in [3.63, 3.8) is 0 Å². The van der Waals surface area contributed by atoms with Crippen LogP contribution in [-0.2, 0) is 9.53 Å². The molecule has 158 valence electrons. The van der Waals surface area contributed by atoms with Gasteiger partial charge in [-0.3, -0.25) is 4.79 Å². The van der Waals surface area contributed by atoms with Crippen LogP contribution in [0.4, 0.5) is 4.79 Å². The van der Waals surface area contributed by atoms with E-state index in [0.29, 0.717) is 55.9 Å². The Morgan fingerprint density at radius 2 is 1.86 bits per heavy atom. The van der Waals surface area contributed by atoms with Gasteiger partial charge in [0.25, 0.3) is 0 Å². The molecule has 3 fully saturated rings. The lowest BCUT2D eigenvalue weighted by molar-refractivity contribution is -0.140. The Bertz CT molecular complexity index is 745. The predicted octanol–water partition coefficient (Wildman–Crippen LogP) is 3.32. The summed E-state index contributed by atoms with van der Waals surface area (Å²) in [5.74, 6) is -0.503. The lowest BCUT2D eigenvalue weighted by atomic mass is 9.82. The van der Waals surface area contributed by atoms with E-state index in [4.69, 9.17) is 16.3 Å². The second-order valence-corrected chi connectivity index (χ2v) is 9.05. The highest BCUT2D eigenvalue weighted by Crippen LogP contribution is 2.54. The van der Waals surface area contributed by atoms with Crippen molar-refractivity contribution in [2.45, 2.75) is 50.0 Å². The van der Waals surface area contributed by atoms with Crippen molar-refractivity contribution in [1.82, 2.24) is 10.2 Å². The second kappa shape index (κ2) is 8.62. The molecule has 2 saturated carbocycles. The Labute approximate surface area is 176 Å². The first-order valence-electron chi connectivity index (χ1n) is 10.7. The van der Waals surface area contributed by atoms with Crippen molar-refractivity contribution < 1.29 is 19.4 Å². The largest absolute Gasteiger partial charge is 0.417 e. The van der Waals surface area contributed by atoms with Crippen LogP contribution in [0.3, 0.4) is 0 Å². The number of carbonyl (C=O) groups is 2. The highest BCUT2D eigenvalue weighted by atomic mass is 35.5. The molecule has 0 aromatic heterocycles. The number of carbonyl (C=O) groups excluding carboxylic acids is 2. The quantitative estimate of drug-likeness (QED) is 0.522. The number of amides is 1. The molecule has 0 bridgehead atoms. The van der Waals surface area contributed by atoms with E-state index in [2.05, 4.69) is 5.32 Å². The number of nitrogens with zero attached hydrogens (tertiary/aromatic N) is 1. The van der Waals surface area contributed by atoms with E-state index in [1.165, 1.54) is 0 Å². The molecule has 2 aliphatic carbocycles. The fourth-order valence-electron chi connectivity index (χ4n) is 4.50. The van der Waals surface area contributed by atoms with Gasteiger partial charge in [0.15, 0.2) is 0 Å². The predicted molar refractivity (Wildman–Crippen MR) is 110 cm³/mol. The third-order valence-corrected chi connectivity index (χ3v) is 6.74. The van der Waals surface area contributed by atoms with Crippen LogP contribution in [0.2, 0.25) is 5.02 Å². The van der Waals surface area contributed by atoms with E-state index >= 15 is 0 Å². The van der Waals surface area contributed by atoms with Crippen LogP contribution in [0, 0.1) is 11.8 Å². The van der Waals surface area contributed by atoms with Crippen molar-refractivity contribution in [2.24, 2.45) is 11.8 Å². The molecule has 4 rings (SSSR count). The summed E-state index contributed by atoms with van der Waals surface area (Å²) < 4.78 is 5.26. The first kappa shape index (κ1) is 20.6. The minimum Gasteiger partial charge on any atom is -0.389 e. The number of hydrogen-bond acceptors (Lipinski definition) is 5. The summed E-state index contributed by atoms with van der Waals surface area (Å²) in [7, 11) is 0. The molecule has 6 nitrogen and oxygen atoms in total. The van der Waals surface area contributed by atoms with Gasteiger partial charge in [-0.25, -0.2) is 4.79 Å². The maximum absolute atomic E-state index is 13.0. The van der Waals surface area contributed by atoms with E-state index in [0.717, 1.165) is 31.2 Å². The fourth-order valence-corrected chi connectivity index (χ4v) is 4.70. The van der Waals surface area contributed by atoms with Gasteiger partial charge in [0.2, 0.25) is 0 Å². The molecule has 3 aliphatic rings. The van der Waals surface area contributed by atoms with Gasteiger partial charge in [-0.1, -0.05) is 23.7 Å². The van der Waals surface area contributed by atoms with Gasteiger partial charge in [0.05, 0.1) is 11.5 Å². The van der Waals surface area contributed by atoms with Crippen LogP contribution < -0.4 is 5.32 Å². The van der Waals surface area contributed by atoms with E-state index < -0.39 is 23.6 Å². The van der Waals surface area contributed by atoms with Crippen LogP contribution in [0.15, 0.2) is 24.3 Å². The lowest BCUT2D eigenvalue weighted by Crippen LogP contribution is -2.47. The normalized spacial score (nSPS) is 21.0. The summed E-state index contributed by atoms with van der Waals surface area (Å²) in [5, 5.41) is 15.0. The maximum atomic E-state index is 13.0. The molecule has 1 atom stereocenters. The molecule has 29 heavy (non-hydrogen) atoms. The summed E-state index contributed by atoms with van der Waals surface area (Å²) in [6, 6.07) is 7.13. The van der Waals surface area contributed by atoms with Gasteiger partial charge in [0.1, 0.15) is 0 Å². The third-order valence-electron chi connectivity index (χ3n) is 6.50. The van der Waals surface area contributed by atoms with E-state index in [1.54, 1.807) is 23.1 Å². The molecule has 1 aromatic rings. The van der Waals surface area contributed by atoms with Crippen LogP contribution >= 0.6 is 11.6 Å². The molecule has 1 aliphatic heterocycles. The molecular formula is C22H29ClN2O4. The SMILES string of the molecule is O=C(OC(=O)N1CCNCC1)C(CCC(O)(C1CC1)C1CC1)c1cccc(Cl)c1. The average molecular weight is 421 g/mol. The molecule has 0 radical (unpaired) electrons. The van der Waals surface area contributed by atoms with Crippen molar-refractivity contribution in [3.05, 3.63) is 34.9 Å². The molecule has 1 saturated heterocycles. The Hall–Kier alpha value is -1.63. The van der Waals surface area contributed by atoms with Gasteiger partial charge in [-0.05, 0) is 68.1 Å². The van der Waals surface area contributed by atoms with Crippen molar-refractivity contribution >= 4 is 23.7 Å². The molecule has 0 spiro atoms. The summed E-state index contributed by atoms with van der Waals surface area (Å²) >= 11 is 6.15. The lowest BCUT2D eigenvalue weighted by Gasteiger charge is -2.30. The number of rotatable bonds is 7. The van der Waals surface area contributed by atoms with Gasteiger partial charge in [-0.15, -0.1) is 0 Å². The van der Waals surface area contributed by atoms with Crippen LogP contribution in [-0.4, -0.2) is 53.8 Å². The van der Waals surface area contributed by atoms with Crippen LogP contribution in [0.5, 0.6) is 0 Å². The zero-order valence-electron chi connectivity index (χ0n) is 16.6. The van der Waals surface area contributed by atoms with E-state index in [-0.39, 0.29) is 0 Å². The summed E-state index contributed by atoms with van der Waals surface area (Å²) in [6.07, 6.45) is 4.61. The first-order valence-corrected chi connectivity index (χ1v) is 11.0. The number of benzene rings is 1. The second-order valence-electron chi connectivity index (χ2n) is 8.61. The highest BCUT2D eigenvalue weighted by molar-refractivity contribution is 6.30. The van der Waals surface area contributed by atoms with Crippen molar-refractivity contribution in [2.75, 3.05) is 26.2 Å². The number of esters is 1. The van der Waals surface area contributed by atoms with Gasteiger partial charge < -0.3 is 20.1 Å². The zero-order valence-corrected chi connectivity index (χ0v) is 17.4. The number of piperazine rings is 1.